The molecule has 4 rings (SSSR count). The Morgan fingerprint density at radius 1 is 1.10 bits per heavy atom. The average molecular weight is 329 g/mol. The molecule has 2 heteroatoms. The van der Waals surface area contributed by atoms with Gasteiger partial charge in [-0.05, 0) is 41.5 Å². The van der Waals surface area contributed by atoms with Crippen LogP contribution in [0.2, 0.25) is 0 Å². The van der Waals surface area contributed by atoms with E-state index in [2.05, 4.69) is 60.1 Å². The molecule has 1 aromatic heterocycles. The molecule has 0 spiro atoms. The van der Waals surface area contributed by atoms with Gasteiger partial charge < -0.3 is 4.42 Å². The Morgan fingerprint density at radius 3 is 2.55 bits per heavy atom. The highest BCUT2D eigenvalue weighted by Gasteiger charge is 2.49. The summed E-state index contributed by atoms with van der Waals surface area (Å²) in [6.45, 7) is 4.69. The van der Waals surface area contributed by atoms with E-state index in [9.17, 15) is 0 Å². The summed E-state index contributed by atoms with van der Waals surface area (Å²) >= 11 is 3.90. The molecule has 2 aromatic carbocycles. The summed E-state index contributed by atoms with van der Waals surface area (Å²) < 4.78 is 5.89. The van der Waals surface area contributed by atoms with E-state index in [1.165, 1.54) is 22.8 Å². The Bertz CT molecular complexity index is 799. The highest BCUT2D eigenvalue weighted by atomic mass is 79.9. The lowest BCUT2D eigenvalue weighted by Crippen LogP contribution is -1.98. The van der Waals surface area contributed by atoms with Gasteiger partial charge in [0.15, 0.2) is 0 Å². The molecule has 1 aliphatic rings. The number of para-hydroxylation sites is 1. The number of rotatable bonds is 2. The van der Waals surface area contributed by atoms with Crippen LogP contribution in [0.1, 0.15) is 30.7 Å². The fourth-order valence-corrected chi connectivity index (χ4v) is 4.34. The van der Waals surface area contributed by atoms with E-state index in [1.54, 1.807) is 0 Å². The van der Waals surface area contributed by atoms with Gasteiger partial charge in [-0.15, -0.1) is 0 Å². The van der Waals surface area contributed by atoms with Crippen molar-refractivity contribution in [3.05, 3.63) is 48.0 Å². The third-order valence-corrected chi connectivity index (χ3v) is 5.83. The average Bonchev–Trinajstić information content (AvgIpc) is 2.93. The first-order chi connectivity index (χ1) is 9.56. The Hall–Kier alpha value is -1.28. The van der Waals surface area contributed by atoms with Crippen molar-refractivity contribution in [2.45, 2.75) is 25.1 Å². The van der Waals surface area contributed by atoms with Crippen LogP contribution >= 0.6 is 15.9 Å². The Labute approximate surface area is 127 Å². The molecule has 20 heavy (non-hydrogen) atoms. The van der Waals surface area contributed by atoms with E-state index in [1.807, 2.05) is 12.1 Å². The van der Waals surface area contributed by atoms with Crippen molar-refractivity contribution in [2.75, 3.05) is 0 Å². The molecule has 1 fully saturated rings. The molecule has 1 saturated carbocycles. The first-order valence-corrected chi connectivity index (χ1v) is 8.03. The van der Waals surface area contributed by atoms with Crippen molar-refractivity contribution in [3.63, 3.8) is 0 Å². The molecule has 102 valence electrons. The zero-order chi connectivity index (χ0) is 13.9. The van der Waals surface area contributed by atoms with Gasteiger partial charge >= 0.3 is 0 Å². The standard InChI is InChI=1S/C18H17BrO/c1-18(2)10-14(18)17(19)11-7-8-16-13(9-11)12-5-3-4-6-15(12)20-16/h3-9,14,17H,10H2,1-2H3. The largest absolute Gasteiger partial charge is 0.456 e. The Balaban J connectivity index is 1.84. The van der Waals surface area contributed by atoms with E-state index in [4.69, 9.17) is 4.42 Å². The second-order valence-corrected chi connectivity index (χ2v) is 7.54. The van der Waals surface area contributed by atoms with Crippen LogP contribution in [0.5, 0.6) is 0 Å². The topological polar surface area (TPSA) is 13.1 Å². The summed E-state index contributed by atoms with van der Waals surface area (Å²) in [5.74, 6) is 0.734. The summed E-state index contributed by atoms with van der Waals surface area (Å²) in [7, 11) is 0. The molecule has 0 aliphatic heterocycles. The van der Waals surface area contributed by atoms with Gasteiger partial charge in [0.25, 0.3) is 0 Å². The minimum Gasteiger partial charge on any atom is -0.456 e. The van der Waals surface area contributed by atoms with Gasteiger partial charge in [-0.1, -0.05) is 54.0 Å². The fourth-order valence-electron chi connectivity index (χ4n) is 3.15. The predicted octanol–water partition coefficient (Wildman–Crippen LogP) is 6.07. The second-order valence-electron chi connectivity index (χ2n) is 6.55. The number of halogens is 1. The molecule has 2 unspecified atom stereocenters. The molecule has 1 aliphatic carbocycles. The maximum Gasteiger partial charge on any atom is 0.135 e. The minimum absolute atomic E-state index is 0.440. The molecule has 0 radical (unpaired) electrons. The molecule has 1 heterocycles. The lowest BCUT2D eigenvalue weighted by atomic mass is 10.0. The predicted molar refractivity (Wildman–Crippen MR) is 87.3 cm³/mol. The third-order valence-electron chi connectivity index (χ3n) is 4.66. The van der Waals surface area contributed by atoms with Crippen molar-refractivity contribution >= 4 is 37.9 Å². The van der Waals surface area contributed by atoms with Crippen molar-refractivity contribution in [2.24, 2.45) is 11.3 Å². The maximum atomic E-state index is 5.89. The van der Waals surface area contributed by atoms with Crippen LogP contribution in [0.15, 0.2) is 46.9 Å². The molecule has 0 saturated heterocycles. The summed E-state index contributed by atoms with van der Waals surface area (Å²) in [6, 6.07) is 14.8. The molecular weight excluding hydrogens is 312 g/mol. The smallest absolute Gasteiger partial charge is 0.135 e. The van der Waals surface area contributed by atoms with Crippen molar-refractivity contribution < 1.29 is 4.42 Å². The number of hydrogen-bond donors (Lipinski definition) is 0. The Kier molecular flexibility index (Phi) is 2.56. The van der Waals surface area contributed by atoms with Crippen molar-refractivity contribution in [1.82, 2.24) is 0 Å². The summed E-state index contributed by atoms with van der Waals surface area (Å²) in [5.41, 5.74) is 3.78. The fraction of sp³-hybridized carbons (Fsp3) is 0.333. The first kappa shape index (κ1) is 12.5. The van der Waals surface area contributed by atoms with Gasteiger partial charge in [-0.3, -0.25) is 0 Å². The van der Waals surface area contributed by atoms with E-state index in [-0.39, 0.29) is 0 Å². The number of fused-ring (bicyclic) bond motifs is 3. The van der Waals surface area contributed by atoms with Crippen molar-refractivity contribution in [3.8, 4) is 0 Å². The van der Waals surface area contributed by atoms with Gasteiger partial charge in [0, 0.05) is 15.6 Å². The number of furan rings is 1. The zero-order valence-corrected chi connectivity index (χ0v) is 13.3. The lowest BCUT2D eigenvalue weighted by Gasteiger charge is -2.12. The number of hydrogen-bond acceptors (Lipinski definition) is 1. The van der Waals surface area contributed by atoms with Crippen LogP contribution in [0, 0.1) is 11.3 Å². The van der Waals surface area contributed by atoms with Crippen molar-refractivity contribution in [1.29, 1.82) is 0 Å². The monoisotopic (exact) mass is 328 g/mol. The van der Waals surface area contributed by atoms with Crippen LogP contribution < -0.4 is 0 Å². The number of benzene rings is 2. The van der Waals surface area contributed by atoms with Gasteiger partial charge in [0.1, 0.15) is 11.2 Å². The molecule has 3 aromatic rings. The van der Waals surface area contributed by atoms with E-state index in [0.29, 0.717) is 10.2 Å². The van der Waals surface area contributed by atoms with Crippen LogP contribution in [0.4, 0.5) is 0 Å². The molecule has 0 amide bonds. The second kappa shape index (κ2) is 4.11. The van der Waals surface area contributed by atoms with Crippen LogP contribution in [0.25, 0.3) is 21.9 Å². The number of alkyl halides is 1. The van der Waals surface area contributed by atoms with Crippen LogP contribution in [-0.4, -0.2) is 0 Å². The normalized spacial score (nSPS) is 22.2. The molecule has 0 bridgehead atoms. The molecular formula is C18H17BrO. The Morgan fingerprint density at radius 2 is 1.80 bits per heavy atom. The molecule has 2 atom stereocenters. The van der Waals surface area contributed by atoms with E-state index in [0.717, 1.165) is 17.1 Å². The molecule has 0 N–H and O–H groups in total. The van der Waals surface area contributed by atoms with E-state index >= 15 is 0 Å². The summed E-state index contributed by atoms with van der Waals surface area (Å²) in [4.78, 5) is 0.440. The highest BCUT2D eigenvalue weighted by molar-refractivity contribution is 9.09. The van der Waals surface area contributed by atoms with E-state index < -0.39 is 0 Å². The first-order valence-electron chi connectivity index (χ1n) is 7.11. The maximum absolute atomic E-state index is 5.89. The summed E-state index contributed by atoms with van der Waals surface area (Å²) in [6.07, 6.45) is 1.30. The quantitative estimate of drug-likeness (QED) is 0.520. The molecule has 1 nitrogen and oxygen atoms in total. The van der Waals surface area contributed by atoms with Gasteiger partial charge in [-0.2, -0.15) is 0 Å². The minimum atomic E-state index is 0.440. The zero-order valence-electron chi connectivity index (χ0n) is 11.7. The van der Waals surface area contributed by atoms with Gasteiger partial charge in [-0.25, -0.2) is 0 Å². The highest BCUT2D eigenvalue weighted by Crippen LogP contribution is 2.60. The third kappa shape index (κ3) is 1.81. The summed E-state index contributed by atoms with van der Waals surface area (Å²) in [5, 5.41) is 2.43. The van der Waals surface area contributed by atoms with Crippen LogP contribution in [0.3, 0.4) is 0 Å². The van der Waals surface area contributed by atoms with Crippen LogP contribution in [-0.2, 0) is 0 Å². The SMILES string of the molecule is CC1(C)CC1C(Br)c1ccc2oc3ccccc3c2c1. The van der Waals surface area contributed by atoms with Gasteiger partial charge in [0.2, 0.25) is 0 Å². The lowest BCUT2D eigenvalue weighted by molar-refractivity contribution is 0.555. The van der Waals surface area contributed by atoms with Gasteiger partial charge in [0.05, 0.1) is 0 Å².